The molecule has 2 aliphatic rings. The number of fused-ring (bicyclic) bond motifs is 1. The molecule has 1 aromatic heterocycles. The molecule has 4 N–H and O–H groups in total. The topological polar surface area (TPSA) is 66.2 Å². The van der Waals surface area contributed by atoms with Crippen LogP contribution in [0.15, 0.2) is 80.5 Å². The lowest BCUT2D eigenvalue weighted by Crippen LogP contribution is -2.37. The van der Waals surface area contributed by atoms with Crippen LogP contribution in [0.5, 0.6) is 0 Å². The normalized spacial score (nSPS) is 12.0. The van der Waals surface area contributed by atoms with Crippen molar-refractivity contribution in [2.45, 2.75) is 128 Å². The molecule has 2 heterocycles. The number of nitrogens with two attached hydrogens (primary N) is 1. The predicted octanol–water partition coefficient (Wildman–Crippen LogP) is 12.2. The van der Waals surface area contributed by atoms with Gasteiger partial charge in [-0.3, -0.25) is 0 Å². The predicted molar refractivity (Wildman–Crippen MR) is 229 cm³/mol. The van der Waals surface area contributed by atoms with Gasteiger partial charge in [0.15, 0.2) is 0 Å². The average molecular weight is 678 g/mol. The van der Waals surface area contributed by atoms with Crippen LogP contribution < -0.4 is 21.3 Å². The van der Waals surface area contributed by atoms with Crippen molar-refractivity contribution >= 4 is 17.2 Å². The van der Waals surface area contributed by atoms with Crippen molar-refractivity contribution in [1.29, 1.82) is 0 Å². The molecule has 0 spiro atoms. The number of nitrogen functional groups attached to an aromatic ring is 1. The van der Waals surface area contributed by atoms with E-state index in [0.29, 0.717) is 6.04 Å². The Bertz CT molecular complexity index is 1140. The van der Waals surface area contributed by atoms with E-state index in [1.165, 1.54) is 53.5 Å². The standard InChI is InChI=1S/C12H19N3.C11H18N2.C7H6.C3H8.C3H6.3C2H6.C2H4/c1-10-5-3-7-14-12(10)15-8-4-6-11(15)9-13-2;1-4-9-6-7-10(13-5-2)11(12)8(9)3;1-2-4-7-5-6(7)3-1;2*1-3-2;4*1-2/h3,5,7,11,13H,4,6,8-9H2,1-2H3;6-7,13H,4-5,12H2,1-3H3;1-4H,5H2;3H2,1-2H3;3H,1H2,2H3;3*1-2H3;1-2H2. The summed E-state index contributed by atoms with van der Waals surface area (Å²) in [6.45, 7) is 39.0. The lowest BCUT2D eigenvalue weighted by molar-refractivity contribution is 0.611. The zero-order valence-electron chi connectivity index (χ0n) is 34.6. The molecule has 3 aromatic rings. The number of likely N-dealkylation sites (N-methyl/N-ethyl adjacent to an activating group) is 1. The quantitative estimate of drug-likeness (QED) is 0.140. The second-order valence-electron chi connectivity index (χ2n) is 10.4. The molecule has 5 rings (SSSR count). The highest BCUT2D eigenvalue weighted by atomic mass is 15.2. The van der Waals surface area contributed by atoms with E-state index in [1.54, 1.807) is 6.08 Å². The molecular formula is C44H79N5. The van der Waals surface area contributed by atoms with Gasteiger partial charge in [-0.2, -0.15) is 0 Å². The number of aromatic nitrogens is 1. The summed E-state index contributed by atoms with van der Waals surface area (Å²) in [6.07, 6.45) is 9.73. The summed E-state index contributed by atoms with van der Waals surface area (Å²) < 4.78 is 0. The van der Waals surface area contributed by atoms with Crippen LogP contribution in [0.1, 0.15) is 123 Å². The Labute approximate surface area is 305 Å². The van der Waals surface area contributed by atoms with Crippen LogP contribution >= 0.6 is 0 Å². The van der Waals surface area contributed by atoms with Crippen molar-refractivity contribution in [2.24, 2.45) is 0 Å². The van der Waals surface area contributed by atoms with Gasteiger partial charge in [-0.15, -0.1) is 19.7 Å². The van der Waals surface area contributed by atoms with Crippen molar-refractivity contribution in [3.05, 3.63) is 108 Å². The molecule has 5 heteroatoms. The minimum absolute atomic E-state index is 0.614. The maximum absolute atomic E-state index is 5.98. The van der Waals surface area contributed by atoms with E-state index in [0.717, 1.165) is 43.2 Å². The summed E-state index contributed by atoms with van der Waals surface area (Å²) in [4.78, 5) is 6.93. The molecule has 0 amide bonds. The Morgan fingerprint density at radius 1 is 0.898 bits per heavy atom. The van der Waals surface area contributed by atoms with Crippen molar-refractivity contribution in [3.63, 3.8) is 0 Å². The number of aryl methyl sites for hydroxylation is 2. The first kappa shape index (κ1) is 52.2. The van der Waals surface area contributed by atoms with Gasteiger partial charge in [0.1, 0.15) is 5.82 Å². The molecule has 1 saturated heterocycles. The van der Waals surface area contributed by atoms with Gasteiger partial charge in [-0.1, -0.05) is 111 Å². The SMILES string of the molecule is C=C.C=CC.CC.CC.CC.CCC.CCNc1ccc(CC)c(C)c1N.CNCC1CCCN1c1ncccc1C.c1ccc2c(c1)C2. The molecule has 1 atom stereocenters. The molecule has 1 fully saturated rings. The van der Waals surface area contributed by atoms with Gasteiger partial charge < -0.3 is 21.3 Å². The summed E-state index contributed by atoms with van der Waals surface area (Å²) in [6, 6.07) is 17.5. The fourth-order valence-corrected chi connectivity index (χ4v) is 4.68. The molecule has 0 bridgehead atoms. The lowest BCUT2D eigenvalue weighted by Gasteiger charge is -2.26. The van der Waals surface area contributed by atoms with E-state index in [9.17, 15) is 0 Å². The average Bonchev–Trinajstić information content (AvgIpc) is 3.81. The van der Waals surface area contributed by atoms with E-state index < -0.39 is 0 Å². The van der Waals surface area contributed by atoms with Gasteiger partial charge in [0.25, 0.3) is 0 Å². The number of hydrogen-bond acceptors (Lipinski definition) is 5. The van der Waals surface area contributed by atoms with Gasteiger partial charge in [0.2, 0.25) is 0 Å². The molecule has 49 heavy (non-hydrogen) atoms. The smallest absolute Gasteiger partial charge is 0.131 e. The van der Waals surface area contributed by atoms with Crippen LogP contribution in [0.2, 0.25) is 0 Å². The van der Waals surface area contributed by atoms with Gasteiger partial charge >= 0.3 is 0 Å². The summed E-state index contributed by atoms with van der Waals surface area (Å²) >= 11 is 0. The van der Waals surface area contributed by atoms with Crippen molar-refractivity contribution < 1.29 is 0 Å². The van der Waals surface area contributed by atoms with Gasteiger partial charge in [-0.05, 0) is 100 Å². The Balaban J connectivity index is -0.000000269. The van der Waals surface area contributed by atoms with Crippen LogP contribution in [0.4, 0.5) is 17.2 Å². The third-order valence-corrected chi connectivity index (χ3v) is 6.82. The third kappa shape index (κ3) is 22.6. The van der Waals surface area contributed by atoms with Gasteiger partial charge in [-0.25, -0.2) is 4.98 Å². The van der Waals surface area contributed by atoms with E-state index >= 15 is 0 Å². The van der Waals surface area contributed by atoms with Gasteiger partial charge in [0.05, 0.1) is 11.4 Å². The number of allylic oxidation sites excluding steroid dienone is 1. The minimum Gasteiger partial charge on any atom is -0.397 e. The second-order valence-corrected chi connectivity index (χ2v) is 10.4. The molecule has 0 radical (unpaired) electrons. The zero-order valence-corrected chi connectivity index (χ0v) is 34.6. The molecule has 0 saturated carbocycles. The highest BCUT2D eigenvalue weighted by molar-refractivity contribution is 5.71. The minimum atomic E-state index is 0.614. The van der Waals surface area contributed by atoms with E-state index in [-0.39, 0.29) is 0 Å². The van der Waals surface area contributed by atoms with Crippen LogP contribution in [0.25, 0.3) is 0 Å². The molecule has 280 valence electrons. The van der Waals surface area contributed by atoms with Crippen molar-refractivity contribution in [3.8, 4) is 0 Å². The van der Waals surface area contributed by atoms with Crippen LogP contribution in [0.3, 0.4) is 0 Å². The van der Waals surface area contributed by atoms with Crippen molar-refractivity contribution in [1.82, 2.24) is 10.3 Å². The highest BCUT2D eigenvalue weighted by Crippen LogP contribution is 2.27. The lowest BCUT2D eigenvalue weighted by atomic mass is 10.0. The molecule has 1 aliphatic carbocycles. The summed E-state index contributed by atoms with van der Waals surface area (Å²) in [5.74, 6) is 1.16. The Hall–Kier alpha value is -3.57. The maximum Gasteiger partial charge on any atom is 0.131 e. The molecule has 1 aliphatic heterocycles. The van der Waals surface area contributed by atoms with E-state index in [1.807, 2.05) is 67.8 Å². The first-order chi connectivity index (χ1) is 23.8. The number of hydrogen-bond donors (Lipinski definition) is 3. The Morgan fingerprint density at radius 2 is 1.43 bits per heavy atom. The van der Waals surface area contributed by atoms with Crippen molar-refractivity contribution in [2.75, 3.05) is 42.6 Å². The number of nitrogens with zero attached hydrogens (tertiary/aromatic N) is 2. The number of anilines is 3. The monoisotopic (exact) mass is 678 g/mol. The maximum atomic E-state index is 5.98. The van der Waals surface area contributed by atoms with Gasteiger partial charge in [0, 0.05) is 31.9 Å². The number of benzene rings is 2. The van der Waals surface area contributed by atoms with E-state index in [2.05, 4.69) is 124 Å². The molecule has 2 aromatic carbocycles. The third-order valence-electron chi connectivity index (χ3n) is 6.82. The zero-order chi connectivity index (χ0) is 38.6. The number of rotatable bonds is 6. The largest absolute Gasteiger partial charge is 0.397 e. The van der Waals surface area contributed by atoms with Crippen LogP contribution in [-0.4, -0.2) is 37.7 Å². The first-order valence-electron chi connectivity index (χ1n) is 18.9. The number of pyridine rings is 1. The van der Waals surface area contributed by atoms with Crippen LogP contribution in [-0.2, 0) is 12.8 Å². The Kier molecular flexibility index (Phi) is 39.7. The fourth-order valence-electron chi connectivity index (χ4n) is 4.68. The molecule has 5 nitrogen and oxygen atoms in total. The summed E-state index contributed by atoms with van der Waals surface area (Å²) in [5.41, 5.74) is 14.8. The Morgan fingerprint density at radius 3 is 1.86 bits per heavy atom. The fraction of sp³-hybridized carbons (Fsp3) is 0.523. The molecule has 1 unspecified atom stereocenters. The van der Waals surface area contributed by atoms with Crippen LogP contribution in [0, 0.1) is 13.8 Å². The summed E-state index contributed by atoms with van der Waals surface area (Å²) in [5, 5.41) is 6.50. The second kappa shape index (κ2) is 37.3. The summed E-state index contributed by atoms with van der Waals surface area (Å²) in [7, 11) is 2.02. The first-order valence-corrected chi connectivity index (χ1v) is 18.9. The molecular weight excluding hydrogens is 599 g/mol. The van der Waals surface area contributed by atoms with E-state index in [4.69, 9.17) is 5.73 Å². The highest BCUT2D eigenvalue weighted by Gasteiger charge is 2.25. The number of nitrogens with one attached hydrogen (secondary N) is 2.